The van der Waals surface area contributed by atoms with Crippen LogP contribution in [0, 0.1) is 0 Å². The predicted molar refractivity (Wildman–Crippen MR) is 35.9 cm³/mol. The van der Waals surface area contributed by atoms with E-state index in [0.29, 0.717) is 12.0 Å². The Morgan fingerprint density at radius 3 is 2.70 bits per heavy atom. The number of hydrogen-bond acceptors (Lipinski definition) is 3. The molecule has 1 aromatic rings. The van der Waals surface area contributed by atoms with Gasteiger partial charge in [-0.3, -0.25) is 0 Å². The van der Waals surface area contributed by atoms with E-state index < -0.39 is 0 Å². The van der Waals surface area contributed by atoms with Crippen LogP contribution in [0.2, 0.25) is 0 Å². The fourth-order valence-corrected chi connectivity index (χ4v) is 0.700. The van der Waals surface area contributed by atoms with Crippen LogP contribution in [0.25, 0.3) is 0 Å². The van der Waals surface area contributed by atoms with Crippen molar-refractivity contribution in [2.24, 2.45) is 0 Å². The second kappa shape index (κ2) is 2.47. The molecule has 0 aromatic carbocycles. The normalized spacial score (nSPS) is 9.60. The molecule has 0 unspecified atom stereocenters. The van der Waals surface area contributed by atoms with Gasteiger partial charge in [-0.05, 0) is 0 Å². The lowest BCUT2D eigenvalue weighted by molar-refractivity contribution is 0.328. The largest absolute Gasteiger partial charge is 0.504 e. The van der Waals surface area contributed by atoms with E-state index >= 15 is 0 Å². The van der Waals surface area contributed by atoms with Crippen LogP contribution in [0.5, 0.6) is 11.7 Å². The monoisotopic (exact) mass is 140 g/mol. The highest BCUT2D eigenvalue weighted by molar-refractivity contribution is 5.37. The molecule has 0 bridgehead atoms. The molecule has 0 fully saturated rings. The summed E-state index contributed by atoms with van der Waals surface area (Å²) in [7, 11) is 0. The van der Waals surface area contributed by atoms with E-state index in [2.05, 4.69) is 11.0 Å². The highest BCUT2D eigenvalue weighted by Gasteiger charge is 2.08. The van der Waals surface area contributed by atoms with Gasteiger partial charge in [-0.25, -0.2) is 0 Å². The lowest BCUT2D eigenvalue weighted by Gasteiger charge is -1.89. The number of rotatable bonds is 2. The van der Waals surface area contributed by atoms with Gasteiger partial charge in [-0.1, -0.05) is 6.08 Å². The Morgan fingerprint density at radius 2 is 2.30 bits per heavy atom. The van der Waals surface area contributed by atoms with E-state index in [4.69, 9.17) is 10.2 Å². The van der Waals surface area contributed by atoms with Crippen LogP contribution in [-0.4, -0.2) is 10.2 Å². The van der Waals surface area contributed by atoms with Gasteiger partial charge >= 0.3 is 0 Å². The molecule has 54 valence electrons. The molecule has 0 aliphatic rings. The van der Waals surface area contributed by atoms with Crippen LogP contribution >= 0.6 is 0 Å². The molecule has 3 nitrogen and oxygen atoms in total. The Labute approximate surface area is 58.2 Å². The summed E-state index contributed by atoms with van der Waals surface area (Å²) in [4.78, 5) is 0. The molecule has 1 aromatic heterocycles. The van der Waals surface area contributed by atoms with Gasteiger partial charge in [0.2, 0.25) is 0 Å². The zero-order valence-corrected chi connectivity index (χ0v) is 5.37. The van der Waals surface area contributed by atoms with Crippen molar-refractivity contribution in [3.05, 3.63) is 24.5 Å². The molecule has 0 aliphatic heterocycles. The Balaban J connectivity index is 2.97. The van der Waals surface area contributed by atoms with Gasteiger partial charge in [0.05, 0.1) is 5.56 Å². The van der Waals surface area contributed by atoms with Crippen molar-refractivity contribution in [1.29, 1.82) is 0 Å². The fraction of sp³-hybridized carbons (Fsp3) is 0.143. The zero-order chi connectivity index (χ0) is 7.56. The number of hydrogen-bond donors (Lipinski definition) is 2. The smallest absolute Gasteiger partial charge is 0.289 e. The van der Waals surface area contributed by atoms with Crippen LogP contribution in [0.15, 0.2) is 23.3 Å². The number of furan rings is 1. The van der Waals surface area contributed by atoms with E-state index in [0.717, 1.165) is 6.26 Å². The minimum absolute atomic E-state index is 0.0302. The summed E-state index contributed by atoms with van der Waals surface area (Å²) in [5.41, 5.74) is 0.384. The van der Waals surface area contributed by atoms with Gasteiger partial charge in [-0.2, -0.15) is 0 Å². The highest BCUT2D eigenvalue weighted by atomic mass is 16.5. The van der Waals surface area contributed by atoms with Crippen molar-refractivity contribution in [2.75, 3.05) is 0 Å². The lowest BCUT2D eigenvalue weighted by Crippen LogP contribution is -1.75. The molecule has 0 atom stereocenters. The maximum absolute atomic E-state index is 8.96. The van der Waals surface area contributed by atoms with E-state index in [1.54, 1.807) is 6.08 Å². The third-order valence-corrected chi connectivity index (χ3v) is 1.20. The molecule has 0 saturated heterocycles. The predicted octanol–water partition coefficient (Wildman–Crippen LogP) is 1.42. The van der Waals surface area contributed by atoms with Crippen molar-refractivity contribution < 1.29 is 14.6 Å². The van der Waals surface area contributed by atoms with Gasteiger partial charge in [0.25, 0.3) is 5.95 Å². The topological polar surface area (TPSA) is 53.6 Å². The van der Waals surface area contributed by atoms with Crippen LogP contribution in [0.1, 0.15) is 5.56 Å². The first-order valence-electron chi connectivity index (χ1n) is 2.85. The summed E-state index contributed by atoms with van der Waals surface area (Å²) in [6.07, 6.45) is 3.08. The molecule has 10 heavy (non-hydrogen) atoms. The summed E-state index contributed by atoms with van der Waals surface area (Å²) in [5.74, 6) is -0.269. The van der Waals surface area contributed by atoms with Crippen LogP contribution in [0.4, 0.5) is 0 Å². The van der Waals surface area contributed by atoms with E-state index in [-0.39, 0.29) is 11.7 Å². The first kappa shape index (κ1) is 6.74. The minimum atomic E-state index is -0.239. The van der Waals surface area contributed by atoms with Crippen LogP contribution in [-0.2, 0) is 6.42 Å². The summed E-state index contributed by atoms with van der Waals surface area (Å²) in [6.45, 7) is 3.45. The van der Waals surface area contributed by atoms with Gasteiger partial charge < -0.3 is 14.6 Å². The molecular weight excluding hydrogens is 132 g/mol. The van der Waals surface area contributed by atoms with E-state index in [1.807, 2.05) is 0 Å². The lowest BCUT2D eigenvalue weighted by atomic mass is 10.2. The Kier molecular flexibility index (Phi) is 1.67. The van der Waals surface area contributed by atoms with Gasteiger partial charge in [0.1, 0.15) is 6.26 Å². The fourth-order valence-electron chi connectivity index (χ4n) is 0.700. The summed E-state index contributed by atoms with van der Waals surface area (Å²) < 4.78 is 4.51. The van der Waals surface area contributed by atoms with Gasteiger partial charge in [0, 0.05) is 6.42 Å². The second-order valence-electron chi connectivity index (χ2n) is 1.90. The maximum atomic E-state index is 8.96. The molecule has 3 heteroatoms. The van der Waals surface area contributed by atoms with Crippen molar-refractivity contribution in [2.45, 2.75) is 6.42 Å². The average molecular weight is 140 g/mol. The third kappa shape index (κ3) is 0.978. The molecule has 0 amide bonds. The number of aromatic hydroxyl groups is 2. The van der Waals surface area contributed by atoms with E-state index in [1.165, 1.54) is 0 Å². The molecule has 0 radical (unpaired) electrons. The molecule has 1 heterocycles. The first-order chi connectivity index (χ1) is 4.75. The SMILES string of the molecule is C=CCc1c(O)coc1O. The van der Waals surface area contributed by atoms with Gasteiger partial charge in [-0.15, -0.1) is 6.58 Å². The quantitative estimate of drug-likeness (QED) is 0.611. The summed E-state index contributed by atoms with van der Waals surface area (Å²) in [6, 6.07) is 0. The molecule has 1 rings (SSSR count). The molecule has 0 aliphatic carbocycles. The third-order valence-electron chi connectivity index (χ3n) is 1.20. The Morgan fingerprint density at radius 1 is 1.60 bits per heavy atom. The highest BCUT2D eigenvalue weighted by Crippen LogP contribution is 2.29. The van der Waals surface area contributed by atoms with Crippen LogP contribution in [0.3, 0.4) is 0 Å². The van der Waals surface area contributed by atoms with Crippen molar-refractivity contribution in [3.8, 4) is 11.7 Å². The molecule has 0 saturated carbocycles. The maximum Gasteiger partial charge on any atom is 0.289 e. The second-order valence-corrected chi connectivity index (χ2v) is 1.90. The molecular formula is C7H8O3. The zero-order valence-electron chi connectivity index (χ0n) is 5.37. The number of allylic oxidation sites excluding steroid dienone is 1. The van der Waals surface area contributed by atoms with Crippen molar-refractivity contribution in [3.63, 3.8) is 0 Å². The Bertz CT molecular complexity index is 217. The van der Waals surface area contributed by atoms with E-state index in [9.17, 15) is 0 Å². The summed E-state index contributed by atoms with van der Waals surface area (Å²) >= 11 is 0. The summed E-state index contributed by atoms with van der Waals surface area (Å²) in [5, 5.41) is 17.8. The van der Waals surface area contributed by atoms with Gasteiger partial charge in [0.15, 0.2) is 5.75 Å². The average Bonchev–Trinajstić information content (AvgIpc) is 2.20. The first-order valence-corrected chi connectivity index (χ1v) is 2.85. The standard InChI is InChI=1S/C7H8O3/c1-2-3-5-6(8)4-10-7(5)9/h2,4,8-9H,1,3H2. The molecule has 0 spiro atoms. The molecule has 2 N–H and O–H groups in total. The minimum Gasteiger partial charge on any atom is -0.504 e. The van der Waals surface area contributed by atoms with Crippen molar-refractivity contribution in [1.82, 2.24) is 0 Å². The van der Waals surface area contributed by atoms with Crippen LogP contribution < -0.4 is 0 Å². The Hall–Kier alpha value is -1.38. The van der Waals surface area contributed by atoms with Crippen molar-refractivity contribution >= 4 is 0 Å².